The van der Waals surface area contributed by atoms with Crippen LogP contribution in [0.5, 0.6) is 0 Å². The second-order valence-electron chi connectivity index (χ2n) is 7.06. The molecule has 1 aliphatic heterocycles. The van der Waals surface area contributed by atoms with Crippen LogP contribution in [0.4, 0.5) is 10.3 Å². The zero-order valence-corrected chi connectivity index (χ0v) is 14.9. The van der Waals surface area contributed by atoms with E-state index in [1.165, 1.54) is 30.9 Å². The van der Waals surface area contributed by atoms with Gasteiger partial charge in [-0.05, 0) is 37.2 Å². The average Bonchev–Trinajstić information content (AvgIpc) is 3.46. The lowest BCUT2D eigenvalue weighted by Crippen LogP contribution is -2.35. The molecule has 5 rings (SSSR count). The molecule has 8 heteroatoms. The number of piperidine rings is 1. The maximum absolute atomic E-state index is 14.3. The standard InChI is InChI=1S/C18H18ClFN6/c19-16-15-14(20)9-26(17(15)24-10-23-16)13-3-5-25(6-4-13)18-21-7-12(8-22-18)11-1-2-11/h7-11,13H,1-6H2. The van der Waals surface area contributed by atoms with E-state index in [0.29, 0.717) is 17.0 Å². The third-order valence-corrected chi connectivity index (χ3v) is 5.65. The van der Waals surface area contributed by atoms with Gasteiger partial charge in [-0.1, -0.05) is 11.6 Å². The molecule has 1 saturated carbocycles. The summed E-state index contributed by atoms with van der Waals surface area (Å²) in [6, 6.07) is 0.176. The Hall–Kier alpha value is -2.28. The number of halogens is 2. The molecule has 2 aliphatic rings. The van der Waals surface area contributed by atoms with Crippen LogP contribution >= 0.6 is 11.6 Å². The first kappa shape index (κ1) is 15.9. The molecule has 0 radical (unpaired) electrons. The van der Waals surface area contributed by atoms with Crippen LogP contribution in [0.3, 0.4) is 0 Å². The second-order valence-corrected chi connectivity index (χ2v) is 7.41. The Balaban J connectivity index is 1.33. The molecule has 26 heavy (non-hydrogen) atoms. The van der Waals surface area contributed by atoms with Gasteiger partial charge in [-0.2, -0.15) is 0 Å². The number of nitrogens with zero attached hydrogens (tertiary/aromatic N) is 6. The number of hydrogen-bond donors (Lipinski definition) is 0. The molecule has 0 N–H and O–H groups in total. The number of fused-ring (bicyclic) bond motifs is 1. The maximum Gasteiger partial charge on any atom is 0.225 e. The highest BCUT2D eigenvalue weighted by molar-refractivity contribution is 6.34. The van der Waals surface area contributed by atoms with Crippen molar-refractivity contribution in [1.82, 2.24) is 24.5 Å². The molecule has 3 aromatic heterocycles. The van der Waals surface area contributed by atoms with Crippen molar-refractivity contribution in [3.8, 4) is 0 Å². The van der Waals surface area contributed by atoms with Crippen molar-refractivity contribution in [3.05, 3.63) is 41.5 Å². The summed E-state index contributed by atoms with van der Waals surface area (Å²) < 4.78 is 16.2. The lowest BCUT2D eigenvalue weighted by Gasteiger charge is -2.32. The van der Waals surface area contributed by atoms with Crippen molar-refractivity contribution < 1.29 is 4.39 Å². The van der Waals surface area contributed by atoms with Crippen LogP contribution in [0.2, 0.25) is 5.15 Å². The first-order valence-corrected chi connectivity index (χ1v) is 9.32. The number of anilines is 1. The van der Waals surface area contributed by atoms with Crippen LogP contribution in [-0.4, -0.2) is 37.6 Å². The zero-order valence-electron chi connectivity index (χ0n) is 14.1. The second kappa shape index (κ2) is 6.16. The van der Waals surface area contributed by atoms with E-state index in [1.54, 1.807) is 0 Å². The molecular weight excluding hydrogens is 355 g/mol. The molecule has 134 valence electrons. The fourth-order valence-corrected chi connectivity index (χ4v) is 3.97. The summed E-state index contributed by atoms with van der Waals surface area (Å²) in [4.78, 5) is 19.4. The van der Waals surface area contributed by atoms with Crippen molar-refractivity contribution in [2.24, 2.45) is 0 Å². The smallest absolute Gasteiger partial charge is 0.225 e. The maximum atomic E-state index is 14.3. The van der Waals surface area contributed by atoms with E-state index in [9.17, 15) is 4.39 Å². The predicted octanol–water partition coefficient (Wildman–Crippen LogP) is 3.73. The van der Waals surface area contributed by atoms with Crippen LogP contribution in [-0.2, 0) is 0 Å². The first-order valence-electron chi connectivity index (χ1n) is 8.94. The van der Waals surface area contributed by atoms with Crippen LogP contribution in [0.15, 0.2) is 24.9 Å². The van der Waals surface area contributed by atoms with Gasteiger partial charge in [-0.15, -0.1) is 0 Å². The summed E-state index contributed by atoms with van der Waals surface area (Å²) in [7, 11) is 0. The van der Waals surface area contributed by atoms with Gasteiger partial charge in [0.25, 0.3) is 0 Å². The fraction of sp³-hybridized carbons (Fsp3) is 0.444. The van der Waals surface area contributed by atoms with Crippen LogP contribution in [0.25, 0.3) is 11.0 Å². The van der Waals surface area contributed by atoms with Crippen molar-refractivity contribution >= 4 is 28.6 Å². The Kier molecular flexibility index (Phi) is 3.77. The normalized spacial score (nSPS) is 18.6. The topological polar surface area (TPSA) is 59.7 Å². The summed E-state index contributed by atoms with van der Waals surface area (Å²) >= 11 is 6.03. The van der Waals surface area contributed by atoms with Gasteiger partial charge >= 0.3 is 0 Å². The molecule has 0 unspecified atom stereocenters. The monoisotopic (exact) mass is 372 g/mol. The minimum absolute atomic E-state index is 0.160. The van der Waals surface area contributed by atoms with Gasteiger partial charge in [0.15, 0.2) is 5.82 Å². The molecule has 1 saturated heterocycles. The summed E-state index contributed by atoms with van der Waals surface area (Å²) in [6.45, 7) is 1.65. The van der Waals surface area contributed by atoms with Gasteiger partial charge in [0, 0.05) is 37.7 Å². The van der Waals surface area contributed by atoms with Crippen molar-refractivity contribution in [2.45, 2.75) is 37.6 Å². The van der Waals surface area contributed by atoms with Gasteiger partial charge in [-0.3, -0.25) is 0 Å². The molecule has 0 bridgehead atoms. The van der Waals surface area contributed by atoms with Crippen LogP contribution in [0, 0.1) is 5.82 Å². The van der Waals surface area contributed by atoms with Gasteiger partial charge in [0.05, 0.1) is 5.39 Å². The van der Waals surface area contributed by atoms with Gasteiger partial charge in [-0.25, -0.2) is 24.3 Å². The van der Waals surface area contributed by atoms with E-state index in [1.807, 2.05) is 17.0 Å². The third-order valence-electron chi connectivity index (χ3n) is 5.36. The van der Waals surface area contributed by atoms with E-state index in [-0.39, 0.29) is 17.0 Å². The lowest BCUT2D eigenvalue weighted by atomic mass is 10.1. The van der Waals surface area contributed by atoms with Crippen molar-refractivity contribution in [2.75, 3.05) is 18.0 Å². The first-order chi connectivity index (χ1) is 12.7. The van der Waals surface area contributed by atoms with Gasteiger partial charge in [0.2, 0.25) is 5.95 Å². The highest BCUT2D eigenvalue weighted by Gasteiger charge is 2.27. The van der Waals surface area contributed by atoms with Crippen LogP contribution in [0.1, 0.15) is 43.2 Å². The molecule has 0 aromatic carbocycles. The fourth-order valence-electron chi connectivity index (χ4n) is 3.75. The van der Waals surface area contributed by atoms with E-state index >= 15 is 0 Å². The molecule has 1 aliphatic carbocycles. The Morgan fingerprint density at radius 1 is 1.00 bits per heavy atom. The highest BCUT2D eigenvalue weighted by Crippen LogP contribution is 2.39. The largest absolute Gasteiger partial charge is 0.341 e. The Bertz CT molecular complexity index is 944. The van der Waals surface area contributed by atoms with Gasteiger partial charge < -0.3 is 9.47 Å². The number of hydrogen-bond acceptors (Lipinski definition) is 5. The molecule has 0 spiro atoms. The number of rotatable bonds is 3. The molecular formula is C18H18ClFN6. The predicted molar refractivity (Wildman–Crippen MR) is 97.0 cm³/mol. The molecule has 3 aromatic rings. The van der Waals surface area contributed by atoms with E-state index in [4.69, 9.17) is 11.6 Å². The van der Waals surface area contributed by atoms with E-state index in [0.717, 1.165) is 31.9 Å². The summed E-state index contributed by atoms with van der Waals surface area (Å²) in [5, 5.41) is 0.462. The minimum atomic E-state index is -0.368. The Morgan fingerprint density at radius 3 is 2.42 bits per heavy atom. The summed E-state index contributed by atoms with van der Waals surface area (Å²) in [5.41, 5.74) is 1.81. The average molecular weight is 373 g/mol. The Labute approximate surface area is 155 Å². The zero-order chi connectivity index (χ0) is 17.7. The quantitative estimate of drug-likeness (QED) is 0.655. The van der Waals surface area contributed by atoms with Crippen LogP contribution < -0.4 is 4.90 Å². The highest BCUT2D eigenvalue weighted by atomic mass is 35.5. The molecule has 0 atom stereocenters. The summed E-state index contributed by atoms with van der Waals surface area (Å²) in [6.07, 6.45) is 11.0. The SMILES string of the molecule is Fc1cn(C2CCN(c3ncc(C4CC4)cn3)CC2)c2ncnc(Cl)c12. The van der Waals surface area contributed by atoms with Crippen molar-refractivity contribution in [3.63, 3.8) is 0 Å². The third kappa shape index (κ3) is 2.70. The molecule has 2 fully saturated rings. The lowest BCUT2D eigenvalue weighted by molar-refractivity contribution is 0.398. The van der Waals surface area contributed by atoms with Gasteiger partial charge in [0.1, 0.15) is 17.1 Å². The Morgan fingerprint density at radius 2 is 1.73 bits per heavy atom. The molecule has 0 amide bonds. The minimum Gasteiger partial charge on any atom is -0.341 e. The molecule has 4 heterocycles. The molecule has 6 nitrogen and oxygen atoms in total. The van der Waals surface area contributed by atoms with E-state index < -0.39 is 0 Å². The summed E-state index contributed by atoms with van der Waals surface area (Å²) in [5.74, 6) is 1.08. The van der Waals surface area contributed by atoms with E-state index in [2.05, 4.69) is 24.8 Å². The van der Waals surface area contributed by atoms with Crippen molar-refractivity contribution in [1.29, 1.82) is 0 Å². The number of aromatic nitrogens is 5.